The SMILES string of the molecule is NC(=O)c1ccc2n[nH]nc2c1.O=C(O)C(F)(F)F. The molecule has 0 fully saturated rings. The van der Waals surface area contributed by atoms with Crippen molar-refractivity contribution in [2.75, 3.05) is 0 Å². The molecule has 2 aromatic rings. The zero-order valence-corrected chi connectivity index (χ0v) is 9.10. The molecule has 2 rings (SSSR count). The standard InChI is InChI=1S/C7H6N4O.C2HF3O2/c8-7(12)4-1-2-5-6(3-4)10-11-9-5;3-2(4,5)1(6)7/h1-3H,(H2,8,12)(H,9,10,11);(H,6,7). The second kappa shape index (κ2) is 5.33. The van der Waals surface area contributed by atoms with Crippen LogP contribution in [0.4, 0.5) is 13.2 Å². The third-order valence-corrected chi connectivity index (χ3v) is 1.84. The Morgan fingerprint density at radius 3 is 2.21 bits per heavy atom. The third kappa shape index (κ3) is 3.94. The van der Waals surface area contributed by atoms with Crippen LogP contribution < -0.4 is 5.73 Å². The summed E-state index contributed by atoms with van der Waals surface area (Å²) < 4.78 is 31.7. The van der Waals surface area contributed by atoms with Gasteiger partial charge in [0.1, 0.15) is 11.0 Å². The Morgan fingerprint density at radius 1 is 1.21 bits per heavy atom. The molecule has 0 saturated heterocycles. The summed E-state index contributed by atoms with van der Waals surface area (Å²) in [7, 11) is 0. The van der Waals surface area contributed by atoms with E-state index in [-0.39, 0.29) is 0 Å². The van der Waals surface area contributed by atoms with E-state index in [2.05, 4.69) is 15.4 Å². The molecule has 0 unspecified atom stereocenters. The van der Waals surface area contributed by atoms with Gasteiger partial charge in [0.15, 0.2) is 0 Å². The van der Waals surface area contributed by atoms with Gasteiger partial charge in [-0.25, -0.2) is 4.79 Å². The number of benzene rings is 1. The fraction of sp³-hybridized carbons (Fsp3) is 0.111. The van der Waals surface area contributed by atoms with Crippen LogP contribution in [0, 0.1) is 0 Å². The molecule has 0 radical (unpaired) electrons. The van der Waals surface area contributed by atoms with E-state index in [1.54, 1.807) is 18.2 Å². The van der Waals surface area contributed by atoms with E-state index in [0.717, 1.165) is 5.52 Å². The highest BCUT2D eigenvalue weighted by Gasteiger charge is 2.38. The molecular weight excluding hydrogens is 269 g/mol. The summed E-state index contributed by atoms with van der Waals surface area (Å²) in [4.78, 5) is 19.6. The number of carboxylic acids is 1. The largest absolute Gasteiger partial charge is 0.490 e. The van der Waals surface area contributed by atoms with Crippen LogP contribution in [0.2, 0.25) is 0 Å². The molecule has 1 aromatic carbocycles. The summed E-state index contributed by atoms with van der Waals surface area (Å²) in [6, 6.07) is 4.91. The van der Waals surface area contributed by atoms with Crippen LogP contribution in [-0.2, 0) is 4.79 Å². The zero-order chi connectivity index (χ0) is 14.6. The number of amides is 1. The summed E-state index contributed by atoms with van der Waals surface area (Å²) in [5.74, 6) is -3.22. The van der Waals surface area contributed by atoms with Gasteiger partial charge in [-0.3, -0.25) is 4.79 Å². The van der Waals surface area contributed by atoms with Crippen molar-refractivity contribution in [2.24, 2.45) is 5.73 Å². The molecule has 0 aliphatic heterocycles. The molecule has 19 heavy (non-hydrogen) atoms. The molecule has 1 heterocycles. The monoisotopic (exact) mass is 276 g/mol. The number of primary amides is 1. The number of carbonyl (C=O) groups is 2. The van der Waals surface area contributed by atoms with Gasteiger partial charge in [0.2, 0.25) is 5.91 Å². The average Bonchev–Trinajstić information content (AvgIpc) is 2.74. The minimum absolute atomic E-state index is 0.441. The smallest absolute Gasteiger partial charge is 0.475 e. The van der Waals surface area contributed by atoms with E-state index in [0.29, 0.717) is 11.1 Å². The lowest BCUT2D eigenvalue weighted by atomic mass is 10.2. The van der Waals surface area contributed by atoms with Crippen LogP contribution in [-0.4, -0.2) is 38.6 Å². The Bertz CT molecular complexity index is 608. The molecule has 0 spiro atoms. The van der Waals surface area contributed by atoms with Crippen LogP contribution in [0.15, 0.2) is 18.2 Å². The van der Waals surface area contributed by atoms with Gasteiger partial charge in [-0.1, -0.05) is 0 Å². The molecule has 102 valence electrons. The van der Waals surface area contributed by atoms with Gasteiger partial charge in [-0.05, 0) is 18.2 Å². The van der Waals surface area contributed by atoms with Crippen molar-refractivity contribution in [2.45, 2.75) is 6.18 Å². The number of nitrogens with one attached hydrogen (secondary N) is 1. The van der Waals surface area contributed by atoms with Crippen molar-refractivity contribution in [3.8, 4) is 0 Å². The molecule has 0 bridgehead atoms. The number of alkyl halides is 3. The number of nitrogens with zero attached hydrogens (tertiary/aromatic N) is 2. The van der Waals surface area contributed by atoms with Crippen LogP contribution in [0.1, 0.15) is 10.4 Å². The number of hydrogen-bond acceptors (Lipinski definition) is 4. The average molecular weight is 276 g/mol. The topological polar surface area (TPSA) is 122 Å². The number of H-pyrrole nitrogens is 1. The molecule has 0 aliphatic carbocycles. The maximum atomic E-state index is 10.7. The fourth-order valence-electron chi connectivity index (χ4n) is 0.994. The highest BCUT2D eigenvalue weighted by atomic mass is 19.4. The van der Waals surface area contributed by atoms with Crippen molar-refractivity contribution in [1.29, 1.82) is 0 Å². The highest BCUT2D eigenvalue weighted by Crippen LogP contribution is 2.13. The number of aliphatic carboxylic acids is 1. The summed E-state index contributed by atoms with van der Waals surface area (Å²) in [5.41, 5.74) is 6.88. The van der Waals surface area contributed by atoms with Gasteiger partial charge >= 0.3 is 12.1 Å². The number of carboxylic acid groups (broad SMARTS) is 1. The molecule has 0 saturated carbocycles. The first kappa shape index (κ1) is 14.4. The minimum Gasteiger partial charge on any atom is -0.475 e. The van der Waals surface area contributed by atoms with Gasteiger partial charge in [0, 0.05) is 5.56 Å². The van der Waals surface area contributed by atoms with Crippen molar-refractivity contribution in [1.82, 2.24) is 15.4 Å². The first-order valence-electron chi connectivity index (χ1n) is 4.62. The van der Waals surface area contributed by atoms with Gasteiger partial charge in [-0.15, -0.1) is 0 Å². The number of halogens is 3. The lowest BCUT2D eigenvalue weighted by molar-refractivity contribution is -0.192. The normalized spacial score (nSPS) is 10.7. The summed E-state index contributed by atoms with van der Waals surface area (Å²) >= 11 is 0. The minimum atomic E-state index is -5.08. The van der Waals surface area contributed by atoms with Crippen LogP contribution in [0.3, 0.4) is 0 Å². The van der Waals surface area contributed by atoms with Crippen molar-refractivity contribution >= 4 is 22.9 Å². The highest BCUT2D eigenvalue weighted by molar-refractivity contribution is 5.95. The van der Waals surface area contributed by atoms with Crippen molar-refractivity contribution in [3.05, 3.63) is 23.8 Å². The molecule has 1 amide bonds. The van der Waals surface area contributed by atoms with E-state index in [9.17, 15) is 18.0 Å². The lowest BCUT2D eigenvalue weighted by Crippen LogP contribution is -2.21. The van der Waals surface area contributed by atoms with Crippen LogP contribution in [0.5, 0.6) is 0 Å². The molecule has 1 aromatic heterocycles. The van der Waals surface area contributed by atoms with Gasteiger partial charge in [-0.2, -0.15) is 28.6 Å². The van der Waals surface area contributed by atoms with Crippen molar-refractivity contribution in [3.63, 3.8) is 0 Å². The Labute approximate surface area is 103 Å². The van der Waals surface area contributed by atoms with Crippen molar-refractivity contribution < 1.29 is 27.9 Å². The van der Waals surface area contributed by atoms with Crippen LogP contribution in [0.25, 0.3) is 11.0 Å². The molecule has 0 aliphatic rings. The van der Waals surface area contributed by atoms with E-state index < -0.39 is 18.1 Å². The van der Waals surface area contributed by atoms with E-state index in [4.69, 9.17) is 15.6 Å². The first-order chi connectivity index (χ1) is 8.71. The van der Waals surface area contributed by atoms with Crippen LogP contribution >= 0.6 is 0 Å². The second-order valence-corrected chi connectivity index (χ2v) is 3.19. The maximum Gasteiger partial charge on any atom is 0.490 e. The molecule has 7 nitrogen and oxygen atoms in total. The number of carbonyl (C=O) groups excluding carboxylic acids is 1. The number of rotatable bonds is 1. The maximum absolute atomic E-state index is 10.7. The predicted molar refractivity (Wildman–Crippen MR) is 56.1 cm³/mol. The number of hydrogen-bond donors (Lipinski definition) is 3. The van der Waals surface area contributed by atoms with E-state index >= 15 is 0 Å². The van der Waals surface area contributed by atoms with Gasteiger partial charge in [0.25, 0.3) is 0 Å². The Kier molecular flexibility index (Phi) is 4.04. The van der Waals surface area contributed by atoms with E-state index in [1.807, 2.05) is 0 Å². The third-order valence-electron chi connectivity index (χ3n) is 1.84. The quantitative estimate of drug-likeness (QED) is 0.707. The molecular formula is C9H7F3N4O3. The number of aromatic amines is 1. The Hall–Kier alpha value is -2.65. The molecule has 4 N–H and O–H groups in total. The molecule has 0 atom stereocenters. The second-order valence-electron chi connectivity index (χ2n) is 3.19. The first-order valence-corrected chi connectivity index (χ1v) is 4.62. The summed E-state index contributed by atoms with van der Waals surface area (Å²) in [6.45, 7) is 0. The fourth-order valence-corrected chi connectivity index (χ4v) is 0.994. The number of fused-ring (bicyclic) bond motifs is 1. The Balaban J connectivity index is 0.000000224. The molecule has 10 heteroatoms. The summed E-state index contributed by atoms with van der Waals surface area (Å²) in [6.07, 6.45) is -5.08. The zero-order valence-electron chi connectivity index (χ0n) is 9.10. The lowest BCUT2D eigenvalue weighted by Gasteiger charge is -1.93. The van der Waals surface area contributed by atoms with E-state index in [1.165, 1.54) is 0 Å². The van der Waals surface area contributed by atoms with Gasteiger partial charge in [0.05, 0.1) is 0 Å². The van der Waals surface area contributed by atoms with Gasteiger partial charge < -0.3 is 10.8 Å². The predicted octanol–water partition coefficient (Wildman–Crippen LogP) is 0.690. The summed E-state index contributed by atoms with van der Waals surface area (Å²) in [5, 5.41) is 17.2. The number of aromatic nitrogens is 3. The Morgan fingerprint density at radius 2 is 1.74 bits per heavy atom. The number of nitrogens with two attached hydrogens (primary N) is 1.